The number of ether oxygens (including phenoxy) is 1. The number of aliphatic hydroxyl groups excluding tert-OH is 3. The standard InChI is InChI=1S/C10H20N2O4/c1-12(2)10(11)16-7-3-6(5-13)9(15)8(14)4-7/h6-9,11,13-15H,3-5H2,1-2H3. The Bertz CT molecular complexity index is 247. The summed E-state index contributed by atoms with van der Waals surface area (Å²) in [5.41, 5.74) is 0. The van der Waals surface area contributed by atoms with E-state index in [0.717, 1.165) is 0 Å². The molecular weight excluding hydrogens is 212 g/mol. The van der Waals surface area contributed by atoms with Crippen LogP contribution in [-0.2, 0) is 4.74 Å². The SMILES string of the molecule is CN(C)C(=N)OC1CC(O)C(O)C(CO)C1. The van der Waals surface area contributed by atoms with Crippen LogP contribution in [0, 0.1) is 11.3 Å². The Kier molecular flexibility index (Phi) is 4.52. The number of aliphatic hydroxyl groups is 3. The van der Waals surface area contributed by atoms with Crippen molar-refractivity contribution in [3.63, 3.8) is 0 Å². The molecule has 1 saturated carbocycles. The van der Waals surface area contributed by atoms with Crippen LogP contribution in [0.15, 0.2) is 0 Å². The van der Waals surface area contributed by atoms with Gasteiger partial charge in [-0.3, -0.25) is 5.41 Å². The fraction of sp³-hybridized carbons (Fsp3) is 0.900. The van der Waals surface area contributed by atoms with Gasteiger partial charge in [0.25, 0.3) is 6.02 Å². The summed E-state index contributed by atoms with van der Waals surface area (Å²) in [6.45, 7) is -0.187. The van der Waals surface area contributed by atoms with Crippen LogP contribution in [0.3, 0.4) is 0 Å². The second-order valence-electron chi connectivity index (χ2n) is 4.41. The number of nitrogens with zero attached hydrogens (tertiary/aromatic N) is 1. The van der Waals surface area contributed by atoms with Gasteiger partial charge >= 0.3 is 0 Å². The number of rotatable bonds is 2. The zero-order valence-electron chi connectivity index (χ0n) is 9.63. The van der Waals surface area contributed by atoms with E-state index in [4.69, 9.17) is 15.3 Å². The molecule has 0 spiro atoms. The van der Waals surface area contributed by atoms with Crippen molar-refractivity contribution in [2.75, 3.05) is 20.7 Å². The van der Waals surface area contributed by atoms with Crippen LogP contribution in [-0.4, -0.2) is 65.3 Å². The molecule has 0 aliphatic heterocycles. The Morgan fingerprint density at radius 2 is 2.00 bits per heavy atom. The molecule has 1 fully saturated rings. The van der Waals surface area contributed by atoms with Crippen molar-refractivity contribution in [2.45, 2.75) is 31.2 Å². The third-order valence-corrected chi connectivity index (χ3v) is 2.87. The van der Waals surface area contributed by atoms with E-state index >= 15 is 0 Å². The minimum atomic E-state index is -0.904. The first-order chi connectivity index (χ1) is 7.45. The largest absolute Gasteiger partial charge is 0.462 e. The summed E-state index contributed by atoms with van der Waals surface area (Å²) in [7, 11) is 3.39. The summed E-state index contributed by atoms with van der Waals surface area (Å²) < 4.78 is 5.33. The fourth-order valence-corrected chi connectivity index (χ4v) is 1.84. The van der Waals surface area contributed by atoms with Crippen LogP contribution in [0.2, 0.25) is 0 Å². The first-order valence-corrected chi connectivity index (χ1v) is 5.35. The van der Waals surface area contributed by atoms with Crippen LogP contribution >= 0.6 is 0 Å². The van der Waals surface area contributed by atoms with Gasteiger partial charge in [-0.05, 0) is 6.42 Å². The maximum Gasteiger partial charge on any atom is 0.284 e. The normalized spacial score (nSPS) is 34.6. The lowest BCUT2D eigenvalue weighted by Gasteiger charge is -2.36. The lowest BCUT2D eigenvalue weighted by atomic mass is 9.83. The third kappa shape index (κ3) is 3.07. The number of nitrogens with one attached hydrogen (secondary N) is 1. The number of amidine groups is 1. The lowest BCUT2D eigenvalue weighted by Crippen LogP contribution is -2.46. The molecule has 0 radical (unpaired) electrons. The van der Waals surface area contributed by atoms with Crippen LogP contribution in [0.5, 0.6) is 0 Å². The molecular formula is C10H20N2O4. The highest BCUT2D eigenvalue weighted by molar-refractivity contribution is 5.69. The number of hydrogen-bond donors (Lipinski definition) is 4. The van der Waals surface area contributed by atoms with Gasteiger partial charge in [-0.15, -0.1) is 0 Å². The first-order valence-electron chi connectivity index (χ1n) is 5.35. The van der Waals surface area contributed by atoms with Crippen LogP contribution < -0.4 is 0 Å². The van der Waals surface area contributed by atoms with E-state index in [2.05, 4.69) is 0 Å². The number of hydrogen-bond acceptors (Lipinski definition) is 5. The van der Waals surface area contributed by atoms with E-state index < -0.39 is 12.2 Å². The van der Waals surface area contributed by atoms with Gasteiger partial charge < -0.3 is 25.0 Å². The summed E-state index contributed by atoms with van der Waals surface area (Å²) in [5.74, 6) is -0.385. The maximum atomic E-state index is 9.58. The molecule has 16 heavy (non-hydrogen) atoms. The second-order valence-corrected chi connectivity index (χ2v) is 4.41. The van der Waals surface area contributed by atoms with E-state index in [1.807, 2.05) is 0 Å². The molecule has 0 aromatic carbocycles. The van der Waals surface area contributed by atoms with Gasteiger partial charge in [0.1, 0.15) is 6.10 Å². The van der Waals surface area contributed by atoms with Crippen molar-refractivity contribution in [1.82, 2.24) is 4.90 Å². The van der Waals surface area contributed by atoms with Crippen molar-refractivity contribution >= 4 is 6.02 Å². The monoisotopic (exact) mass is 232 g/mol. The molecule has 0 aromatic heterocycles. The average Bonchev–Trinajstić information content (AvgIpc) is 2.22. The smallest absolute Gasteiger partial charge is 0.284 e. The van der Waals surface area contributed by atoms with Crippen molar-refractivity contribution in [3.05, 3.63) is 0 Å². The molecule has 0 aromatic rings. The second kappa shape index (κ2) is 5.47. The Balaban J connectivity index is 2.53. The van der Waals surface area contributed by atoms with Crippen molar-refractivity contribution in [3.8, 4) is 0 Å². The predicted molar refractivity (Wildman–Crippen MR) is 58.1 cm³/mol. The zero-order chi connectivity index (χ0) is 12.3. The highest BCUT2D eigenvalue weighted by Gasteiger charge is 2.36. The van der Waals surface area contributed by atoms with Gasteiger partial charge in [-0.25, -0.2) is 0 Å². The summed E-state index contributed by atoms with van der Waals surface area (Å²) >= 11 is 0. The first kappa shape index (κ1) is 13.2. The Labute approximate surface area is 95.0 Å². The molecule has 94 valence electrons. The third-order valence-electron chi connectivity index (χ3n) is 2.87. The molecule has 0 bridgehead atoms. The topological polar surface area (TPSA) is 97.0 Å². The van der Waals surface area contributed by atoms with Crippen LogP contribution in [0.25, 0.3) is 0 Å². The quantitative estimate of drug-likeness (QED) is 0.361. The molecule has 4 N–H and O–H groups in total. The van der Waals surface area contributed by atoms with Gasteiger partial charge in [-0.1, -0.05) is 0 Å². The van der Waals surface area contributed by atoms with Gasteiger partial charge in [-0.2, -0.15) is 0 Å². The van der Waals surface area contributed by atoms with E-state index in [1.54, 1.807) is 14.1 Å². The predicted octanol–water partition coefficient (Wildman–Crippen LogP) is -1.01. The lowest BCUT2D eigenvalue weighted by molar-refractivity contribution is -0.0934. The van der Waals surface area contributed by atoms with Crippen LogP contribution in [0.4, 0.5) is 0 Å². The molecule has 1 rings (SSSR count). The molecule has 1 aliphatic rings. The minimum Gasteiger partial charge on any atom is -0.462 e. The van der Waals surface area contributed by atoms with Gasteiger partial charge in [0, 0.05) is 33.0 Å². The highest BCUT2D eigenvalue weighted by Crippen LogP contribution is 2.27. The molecule has 6 heteroatoms. The maximum absolute atomic E-state index is 9.58. The van der Waals surface area contributed by atoms with Crippen molar-refractivity contribution in [1.29, 1.82) is 5.41 Å². The van der Waals surface area contributed by atoms with Gasteiger partial charge in [0.05, 0.1) is 12.2 Å². The molecule has 0 heterocycles. The van der Waals surface area contributed by atoms with Crippen molar-refractivity contribution < 1.29 is 20.1 Å². The summed E-state index contributed by atoms with van der Waals surface area (Å²) in [6, 6.07) is 0.0188. The minimum absolute atomic E-state index is 0.0188. The van der Waals surface area contributed by atoms with E-state index in [0.29, 0.717) is 6.42 Å². The Morgan fingerprint density at radius 3 is 2.50 bits per heavy atom. The summed E-state index contributed by atoms with van der Waals surface area (Å²) in [5, 5.41) is 35.7. The fourth-order valence-electron chi connectivity index (χ4n) is 1.84. The Hall–Kier alpha value is -0.850. The van der Waals surface area contributed by atoms with Gasteiger partial charge in [0.2, 0.25) is 0 Å². The average molecular weight is 232 g/mol. The van der Waals surface area contributed by atoms with E-state index in [1.165, 1.54) is 4.90 Å². The summed E-state index contributed by atoms with van der Waals surface area (Å²) in [4.78, 5) is 1.52. The molecule has 1 aliphatic carbocycles. The van der Waals surface area contributed by atoms with Gasteiger partial charge in [0.15, 0.2) is 0 Å². The summed E-state index contributed by atoms with van der Waals surface area (Å²) in [6.07, 6.45) is -1.39. The van der Waals surface area contributed by atoms with Crippen molar-refractivity contribution in [2.24, 2.45) is 5.92 Å². The molecule has 0 amide bonds. The zero-order valence-corrected chi connectivity index (χ0v) is 9.63. The van der Waals surface area contributed by atoms with E-state index in [9.17, 15) is 10.2 Å². The van der Waals surface area contributed by atoms with Crippen LogP contribution in [0.1, 0.15) is 12.8 Å². The van der Waals surface area contributed by atoms with E-state index in [-0.39, 0.29) is 31.1 Å². The molecule has 4 atom stereocenters. The Morgan fingerprint density at radius 1 is 1.38 bits per heavy atom. The molecule has 6 nitrogen and oxygen atoms in total. The molecule has 0 saturated heterocycles. The highest BCUT2D eigenvalue weighted by atomic mass is 16.5. The molecule has 4 unspecified atom stereocenters.